The predicted octanol–water partition coefficient (Wildman–Crippen LogP) is 2.80. The van der Waals surface area contributed by atoms with Crippen molar-refractivity contribution >= 4 is 11.9 Å². The van der Waals surface area contributed by atoms with E-state index in [-0.39, 0.29) is 18.1 Å². The van der Waals surface area contributed by atoms with E-state index in [0.29, 0.717) is 5.56 Å². The van der Waals surface area contributed by atoms with Crippen LogP contribution in [-0.2, 0) is 4.79 Å². The molecule has 0 aromatic heterocycles. The van der Waals surface area contributed by atoms with Crippen LogP contribution in [0.25, 0.3) is 0 Å². The maximum absolute atomic E-state index is 13.8. The molecule has 0 saturated carbocycles. The van der Waals surface area contributed by atoms with Crippen molar-refractivity contribution < 1.29 is 14.0 Å². The lowest BCUT2D eigenvalue weighted by molar-refractivity contribution is -0.122. The molecule has 0 fully saturated rings. The summed E-state index contributed by atoms with van der Waals surface area (Å²) in [5.41, 5.74) is 6.36. The molecule has 0 spiro atoms. The van der Waals surface area contributed by atoms with Gasteiger partial charge in [0.05, 0.1) is 18.5 Å². The number of nitrogens with two attached hydrogens (primary N) is 1. The zero-order valence-corrected chi connectivity index (χ0v) is 13.3. The van der Waals surface area contributed by atoms with Crippen molar-refractivity contribution in [3.05, 3.63) is 71.5 Å². The van der Waals surface area contributed by atoms with Gasteiger partial charge in [0.1, 0.15) is 5.82 Å². The second kappa shape index (κ2) is 8.10. The SMILES string of the molecule is C[C@@H](NC(=O)C[C@@H](NC(N)=O)c1ccccc1)c1ccccc1F. The Balaban J connectivity index is 2.05. The maximum atomic E-state index is 13.8. The smallest absolute Gasteiger partial charge is 0.312 e. The molecule has 126 valence electrons. The van der Waals surface area contributed by atoms with Crippen LogP contribution < -0.4 is 16.4 Å². The van der Waals surface area contributed by atoms with Crippen molar-refractivity contribution in [3.63, 3.8) is 0 Å². The average molecular weight is 329 g/mol. The Morgan fingerprint density at radius 3 is 2.29 bits per heavy atom. The van der Waals surface area contributed by atoms with E-state index >= 15 is 0 Å². The Labute approximate surface area is 140 Å². The minimum absolute atomic E-state index is 0.00570. The lowest BCUT2D eigenvalue weighted by atomic mass is 10.0. The third kappa shape index (κ3) is 4.81. The fourth-order valence-corrected chi connectivity index (χ4v) is 2.50. The van der Waals surface area contributed by atoms with Crippen molar-refractivity contribution in [1.82, 2.24) is 10.6 Å². The number of amides is 3. The Morgan fingerprint density at radius 1 is 1.04 bits per heavy atom. The van der Waals surface area contributed by atoms with Crippen LogP contribution >= 0.6 is 0 Å². The normalized spacial score (nSPS) is 12.9. The molecule has 0 aliphatic rings. The monoisotopic (exact) mass is 329 g/mol. The van der Waals surface area contributed by atoms with Crippen LogP contribution in [0, 0.1) is 5.82 Å². The van der Waals surface area contributed by atoms with E-state index in [0.717, 1.165) is 5.56 Å². The second-order valence-electron chi connectivity index (χ2n) is 5.49. The van der Waals surface area contributed by atoms with E-state index in [1.165, 1.54) is 6.07 Å². The van der Waals surface area contributed by atoms with E-state index in [4.69, 9.17) is 5.73 Å². The van der Waals surface area contributed by atoms with Crippen molar-refractivity contribution in [1.29, 1.82) is 0 Å². The molecule has 0 saturated heterocycles. The lowest BCUT2D eigenvalue weighted by Crippen LogP contribution is -2.37. The maximum Gasteiger partial charge on any atom is 0.312 e. The van der Waals surface area contributed by atoms with Crippen molar-refractivity contribution in [2.75, 3.05) is 0 Å². The van der Waals surface area contributed by atoms with Gasteiger partial charge in [0, 0.05) is 5.56 Å². The van der Waals surface area contributed by atoms with Gasteiger partial charge in [-0.2, -0.15) is 0 Å². The van der Waals surface area contributed by atoms with E-state index < -0.39 is 18.1 Å². The fourth-order valence-electron chi connectivity index (χ4n) is 2.50. The number of primary amides is 1. The van der Waals surface area contributed by atoms with Crippen LogP contribution in [0.4, 0.5) is 9.18 Å². The summed E-state index contributed by atoms with van der Waals surface area (Å²) in [6.07, 6.45) is 0.00570. The fraction of sp³-hybridized carbons (Fsp3) is 0.222. The molecule has 24 heavy (non-hydrogen) atoms. The number of hydrogen-bond donors (Lipinski definition) is 3. The van der Waals surface area contributed by atoms with Crippen molar-refractivity contribution in [3.8, 4) is 0 Å². The summed E-state index contributed by atoms with van der Waals surface area (Å²) >= 11 is 0. The molecule has 0 heterocycles. The number of urea groups is 1. The molecule has 0 bridgehead atoms. The van der Waals surface area contributed by atoms with E-state index in [1.807, 2.05) is 18.2 Å². The molecule has 0 unspecified atom stereocenters. The number of hydrogen-bond acceptors (Lipinski definition) is 2. The van der Waals surface area contributed by atoms with E-state index in [2.05, 4.69) is 10.6 Å². The number of nitrogens with one attached hydrogen (secondary N) is 2. The first-order valence-electron chi connectivity index (χ1n) is 7.62. The third-order valence-corrected chi connectivity index (χ3v) is 3.66. The molecule has 2 aromatic rings. The van der Waals surface area contributed by atoms with Gasteiger partial charge in [-0.25, -0.2) is 9.18 Å². The summed E-state index contributed by atoms with van der Waals surface area (Å²) in [6, 6.07) is 13.6. The zero-order chi connectivity index (χ0) is 17.5. The number of benzene rings is 2. The first-order valence-corrected chi connectivity index (χ1v) is 7.62. The minimum atomic E-state index is -0.709. The highest BCUT2D eigenvalue weighted by Crippen LogP contribution is 2.19. The molecular formula is C18H20FN3O2. The van der Waals surface area contributed by atoms with Crippen LogP contribution in [0.5, 0.6) is 0 Å². The standard InChI is InChI=1S/C18H20FN3O2/c1-12(14-9-5-6-10-15(14)19)21-17(23)11-16(22-18(20)24)13-7-3-2-4-8-13/h2-10,12,16H,11H2,1H3,(H,21,23)(H3,20,22,24)/t12-,16-/m1/s1. The molecule has 2 atom stereocenters. The van der Waals surface area contributed by atoms with Gasteiger partial charge >= 0.3 is 6.03 Å². The van der Waals surface area contributed by atoms with Gasteiger partial charge in [-0.1, -0.05) is 48.5 Å². The summed E-state index contributed by atoms with van der Waals surface area (Å²) in [7, 11) is 0. The Kier molecular flexibility index (Phi) is 5.89. The molecule has 2 rings (SSSR count). The van der Waals surface area contributed by atoms with Gasteiger partial charge in [0.15, 0.2) is 0 Å². The minimum Gasteiger partial charge on any atom is -0.352 e. The molecule has 0 radical (unpaired) electrons. The zero-order valence-electron chi connectivity index (χ0n) is 13.3. The van der Waals surface area contributed by atoms with Crippen molar-refractivity contribution in [2.24, 2.45) is 5.73 Å². The highest BCUT2D eigenvalue weighted by atomic mass is 19.1. The summed E-state index contributed by atoms with van der Waals surface area (Å²) < 4.78 is 13.8. The molecule has 6 heteroatoms. The van der Waals surface area contributed by atoms with Gasteiger partial charge in [0.25, 0.3) is 0 Å². The predicted molar refractivity (Wildman–Crippen MR) is 89.5 cm³/mol. The Morgan fingerprint density at radius 2 is 1.67 bits per heavy atom. The van der Waals surface area contributed by atoms with Gasteiger partial charge in [0.2, 0.25) is 5.91 Å². The molecule has 2 aromatic carbocycles. The molecule has 0 aliphatic carbocycles. The number of carbonyl (C=O) groups is 2. The van der Waals surface area contributed by atoms with Gasteiger partial charge in [-0.15, -0.1) is 0 Å². The second-order valence-corrected chi connectivity index (χ2v) is 5.49. The summed E-state index contributed by atoms with van der Waals surface area (Å²) in [4.78, 5) is 23.5. The third-order valence-electron chi connectivity index (χ3n) is 3.66. The quantitative estimate of drug-likeness (QED) is 0.761. The lowest BCUT2D eigenvalue weighted by Gasteiger charge is -2.20. The molecular weight excluding hydrogens is 309 g/mol. The highest BCUT2D eigenvalue weighted by Gasteiger charge is 2.19. The number of carbonyl (C=O) groups excluding carboxylic acids is 2. The average Bonchev–Trinajstić information content (AvgIpc) is 2.55. The van der Waals surface area contributed by atoms with E-state index in [1.54, 1.807) is 37.3 Å². The highest BCUT2D eigenvalue weighted by molar-refractivity contribution is 5.79. The molecule has 4 N–H and O–H groups in total. The van der Waals surface area contributed by atoms with Crippen molar-refractivity contribution in [2.45, 2.75) is 25.4 Å². The van der Waals surface area contributed by atoms with Crippen LogP contribution in [0.2, 0.25) is 0 Å². The largest absolute Gasteiger partial charge is 0.352 e. The molecule has 0 aliphatic heterocycles. The Hall–Kier alpha value is -2.89. The first-order chi connectivity index (χ1) is 11.5. The van der Waals surface area contributed by atoms with E-state index in [9.17, 15) is 14.0 Å². The van der Waals surface area contributed by atoms with Crippen LogP contribution in [-0.4, -0.2) is 11.9 Å². The molecule has 5 nitrogen and oxygen atoms in total. The van der Waals surface area contributed by atoms with Crippen LogP contribution in [0.15, 0.2) is 54.6 Å². The van der Waals surface area contributed by atoms with Gasteiger partial charge < -0.3 is 16.4 Å². The van der Waals surface area contributed by atoms with Gasteiger partial charge in [-0.3, -0.25) is 4.79 Å². The summed E-state index contributed by atoms with van der Waals surface area (Å²) in [5, 5.41) is 5.29. The number of halogens is 1. The topological polar surface area (TPSA) is 84.2 Å². The Bertz CT molecular complexity index is 706. The van der Waals surface area contributed by atoms with Gasteiger partial charge in [-0.05, 0) is 18.6 Å². The number of rotatable bonds is 6. The van der Waals surface area contributed by atoms with Crippen LogP contribution in [0.3, 0.4) is 0 Å². The first kappa shape index (κ1) is 17.5. The summed E-state index contributed by atoms with van der Waals surface area (Å²) in [6.45, 7) is 1.70. The molecule has 3 amide bonds. The summed E-state index contributed by atoms with van der Waals surface area (Å²) in [5.74, 6) is -0.687. The van der Waals surface area contributed by atoms with Crippen LogP contribution in [0.1, 0.15) is 36.6 Å².